The molecule has 0 aromatic heterocycles. The van der Waals surface area contributed by atoms with E-state index in [2.05, 4.69) is 10.0 Å². The second-order valence-electron chi connectivity index (χ2n) is 7.27. The van der Waals surface area contributed by atoms with Gasteiger partial charge in [-0.05, 0) is 30.7 Å². The minimum Gasteiger partial charge on any atom is -0.379 e. The van der Waals surface area contributed by atoms with Crippen molar-refractivity contribution in [1.29, 1.82) is 0 Å². The number of nitrogens with zero attached hydrogens (tertiary/aromatic N) is 4. The Bertz CT molecular complexity index is 985. The molecule has 0 bridgehead atoms. The van der Waals surface area contributed by atoms with Crippen LogP contribution in [0.15, 0.2) is 53.6 Å². The van der Waals surface area contributed by atoms with Gasteiger partial charge in [-0.2, -0.15) is 0 Å². The number of fused-ring (bicyclic) bond motifs is 1. The summed E-state index contributed by atoms with van der Waals surface area (Å²) in [7, 11) is 0. The first-order chi connectivity index (χ1) is 14.5. The van der Waals surface area contributed by atoms with E-state index in [1.807, 2.05) is 43.3 Å². The van der Waals surface area contributed by atoms with E-state index in [0.29, 0.717) is 31.2 Å². The molecule has 4 rings (SSSR count). The lowest BCUT2D eigenvalue weighted by molar-refractivity contribution is -0.154. The molecule has 156 valence electrons. The molecule has 0 N–H and O–H groups in total. The highest BCUT2D eigenvalue weighted by molar-refractivity contribution is 6.54. The van der Waals surface area contributed by atoms with Crippen molar-refractivity contribution < 1.29 is 19.2 Å². The lowest BCUT2D eigenvalue weighted by atomic mass is 10.1. The zero-order chi connectivity index (χ0) is 21.1. The molecule has 2 aliphatic heterocycles. The number of hydrogen-bond donors (Lipinski definition) is 0. The predicted octanol–water partition coefficient (Wildman–Crippen LogP) is 2.18. The zero-order valence-corrected chi connectivity index (χ0v) is 17.1. The Balaban J connectivity index is 1.63. The van der Waals surface area contributed by atoms with E-state index in [4.69, 9.17) is 9.57 Å². The molecule has 0 spiro atoms. The molecule has 8 nitrogen and oxygen atoms in total. The molecule has 1 fully saturated rings. The molecular weight excluding hydrogens is 384 g/mol. The number of para-hydroxylation sites is 1. The molecule has 2 heterocycles. The smallest absolute Gasteiger partial charge is 0.280 e. The molecular formula is C22H24N4O4. The lowest BCUT2D eigenvalue weighted by Crippen LogP contribution is -2.46. The van der Waals surface area contributed by atoms with Gasteiger partial charge in [0, 0.05) is 25.6 Å². The van der Waals surface area contributed by atoms with Gasteiger partial charge < -0.3 is 9.57 Å². The standard InChI is InChI=1S/C22H24N4O4/c1-16-6-5-7-18(14-16)30-26(17(2)27)23-21-19-8-3-4-9-20(19)25(22(21)28)15-24-10-12-29-13-11-24/h3-9,14H,10-13,15H2,1-2H3/b23-21-. The van der Waals surface area contributed by atoms with Crippen LogP contribution in [0.25, 0.3) is 0 Å². The third-order valence-electron chi connectivity index (χ3n) is 4.98. The van der Waals surface area contributed by atoms with Crippen LogP contribution in [0.1, 0.15) is 18.1 Å². The minimum atomic E-state index is -0.430. The number of carbonyl (C=O) groups excluding carboxylic acids is 2. The maximum Gasteiger partial charge on any atom is 0.280 e. The Kier molecular flexibility index (Phi) is 5.78. The fraction of sp³-hybridized carbons (Fsp3) is 0.318. The van der Waals surface area contributed by atoms with Gasteiger partial charge in [0.2, 0.25) is 0 Å². The molecule has 2 aromatic carbocycles. The van der Waals surface area contributed by atoms with Crippen molar-refractivity contribution in [2.45, 2.75) is 13.8 Å². The monoisotopic (exact) mass is 408 g/mol. The molecule has 0 atom stereocenters. The number of ether oxygens (including phenoxy) is 1. The van der Waals surface area contributed by atoms with Gasteiger partial charge in [-0.15, -0.1) is 5.10 Å². The lowest BCUT2D eigenvalue weighted by Gasteiger charge is -2.30. The summed E-state index contributed by atoms with van der Waals surface area (Å²) in [5.74, 6) is -0.221. The van der Waals surface area contributed by atoms with Gasteiger partial charge in [0.15, 0.2) is 11.5 Å². The average Bonchev–Trinajstić information content (AvgIpc) is 3.00. The zero-order valence-electron chi connectivity index (χ0n) is 17.1. The summed E-state index contributed by atoms with van der Waals surface area (Å²) >= 11 is 0. The molecule has 0 unspecified atom stereocenters. The second kappa shape index (κ2) is 8.64. The van der Waals surface area contributed by atoms with Crippen LogP contribution in [0.4, 0.5) is 5.69 Å². The van der Waals surface area contributed by atoms with Gasteiger partial charge in [0.05, 0.1) is 25.6 Å². The number of benzene rings is 2. The number of carbonyl (C=O) groups is 2. The van der Waals surface area contributed by atoms with E-state index in [-0.39, 0.29) is 11.6 Å². The minimum absolute atomic E-state index is 0.182. The van der Waals surface area contributed by atoms with Crippen LogP contribution in [-0.4, -0.2) is 60.6 Å². The highest BCUT2D eigenvalue weighted by Crippen LogP contribution is 2.30. The second-order valence-corrected chi connectivity index (χ2v) is 7.27. The predicted molar refractivity (Wildman–Crippen MR) is 112 cm³/mol. The molecule has 0 saturated carbocycles. The van der Waals surface area contributed by atoms with E-state index >= 15 is 0 Å². The van der Waals surface area contributed by atoms with E-state index in [1.54, 1.807) is 17.0 Å². The number of hydroxylamine groups is 1. The Morgan fingerprint density at radius 2 is 1.93 bits per heavy atom. The van der Waals surface area contributed by atoms with Crippen LogP contribution in [-0.2, 0) is 14.3 Å². The van der Waals surface area contributed by atoms with Crippen LogP contribution < -0.4 is 9.74 Å². The summed E-state index contributed by atoms with van der Waals surface area (Å²) in [4.78, 5) is 34.9. The Morgan fingerprint density at radius 1 is 1.17 bits per heavy atom. The van der Waals surface area contributed by atoms with Crippen molar-refractivity contribution in [2.24, 2.45) is 5.10 Å². The fourth-order valence-electron chi connectivity index (χ4n) is 3.46. The quantitative estimate of drug-likeness (QED) is 0.709. The van der Waals surface area contributed by atoms with Crippen molar-refractivity contribution in [3.63, 3.8) is 0 Å². The molecule has 1 saturated heterocycles. The average molecular weight is 408 g/mol. The molecule has 8 heteroatoms. The normalized spacial score (nSPS) is 17.9. The molecule has 2 aromatic rings. The number of morpholine rings is 1. The first kappa shape index (κ1) is 20.1. The van der Waals surface area contributed by atoms with E-state index in [1.165, 1.54) is 6.92 Å². The van der Waals surface area contributed by atoms with Crippen LogP contribution >= 0.6 is 0 Å². The molecule has 30 heavy (non-hydrogen) atoms. The van der Waals surface area contributed by atoms with Crippen molar-refractivity contribution in [2.75, 3.05) is 37.9 Å². The highest BCUT2D eigenvalue weighted by atomic mass is 16.7. The molecule has 0 aliphatic carbocycles. The number of hydrazone groups is 1. The number of aryl methyl sites for hydroxylation is 1. The van der Waals surface area contributed by atoms with E-state index in [9.17, 15) is 9.59 Å². The van der Waals surface area contributed by atoms with Crippen LogP contribution in [0.5, 0.6) is 5.75 Å². The van der Waals surface area contributed by atoms with Gasteiger partial charge >= 0.3 is 0 Å². The van der Waals surface area contributed by atoms with Crippen molar-refractivity contribution in [1.82, 2.24) is 10.1 Å². The Morgan fingerprint density at radius 3 is 2.67 bits per heavy atom. The topological polar surface area (TPSA) is 74.7 Å². The molecule has 2 aliphatic rings. The van der Waals surface area contributed by atoms with Gasteiger partial charge in [-0.25, -0.2) is 0 Å². The van der Waals surface area contributed by atoms with Gasteiger partial charge in [0.25, 0.3) is 11.8 Å². The molecule has 2 amide bonds. The first-order valence-corrected chi connectivity index (χ1v) is 9.88. The summed E-state index contributed by atoms with van der Waals surface area (Å²) in [5, 5.41) is 5.18. The summed E-state index contributed by atoms with van der Waals surface area (Å²) < 4.78 is 5.40. The van der Waals surface area contributed by atoms with Crippen molar-refractivity contribution in [3.8, 4) is 5.75 Å². The summed E-state index contributed by atoms with van der Waals surface area (Å²) in [5.41, 5.74) is 2.62. The van der Waals surface area contributed by atoms with Gasteiger partial charge in [0.1, 0.15) is 0 Å². The number of anilines is 1. The van der Waals surface area contributed by atoms with Gasteiger partial charge in [-0.3, -0.25) is 19.4 Å². The van der Waals surface area contributed by atoms with E-state index in [0.717, 1.165) is 29.5 Å². The summed E-state index contributed by atoms with van der Waals surface area (Å²) in [6, 6.07) is 14.7. The maximum atomic E-state index is 13.2. The third-order valence-corrected chi connectivity index (χ3v) is 4.98. The maximum absolute atomic E-state index is 13.2. The largest absolute Gasteiger partial charge is 0.379 e. The van der Waals surface area contributed by atoms with Crippen molar-refractivity contribution >= 4 is 23.2 Å². The Hall–Kier alpha value is -3.23. The summed E-state index contributed by atoms with van der Waals surface area (Å²) in [6.45, 7) is 6.52. The van der Waals surface area contributed by atoms with Crippen molar-refractivity contribution in [3.05, 3.63) is 59.7 Å². The summed E-state index contributed by atoms with van der Waals surface area (Å²) in [6.07, 6.45) is 0. The van der Waals surface area contributed by atoms with Crippen LogP contribution in [0, 0.1) is 6.92 Å². The van der Waals surface area contributed by atoms with Crippen LogP contribution in [0.3, 0.4) is 0 Å². The SMILES string of the molecule is CC(=O)N(/N=C1\C(=O)N(CN2CCOCC2)c2ccccc21)Oc1cccc(C)c1. The molecule has 0 radical (unpaired) electrons. The van der Waals surface area contributed by atoms with Crippen LogP contribution in [0.2, 0.25) is 0 Å². The van der Waals surface area contributed by atoms with E-state index < -0.39 is 5.91 Å². The highest BCUT2D eigenvalue weighted by Gasteiger charge is 2.36. The van der Waals surface area contributed by atoms with Gasteiger partial charge in [-0.1, -0.05) is 35.5 Å². The fourth-order valence-corrected chi connectivity index (χ4v) is 3.46. The number of rotatable bonds is 5. The number of amides is 2. The first-order valence-electron chi connectivity index (χ1n) is 9.88. The third kappa shape index (κ3) is 4.19. The number of hydrogen-bond acceptors (Lipinski definition) is 6. The Labute approximate surface area is 175 Å².